The van der Waals surface area contributed by atoms with Crippen LogP contribution in [0.15, 0.2) is 24.3 Å². The van der Waals surface area contributed by atoms with Crippen LogP contribution in [-0.2, 0) is 10.5 Å². The van der Waals surface area contributed by atoms with E-state index < -0.39 is 11.8 Å². The third kappa shape index (κ3) is 2.42. The van der Waals surface area contributed by atoms with Gasteiger partial charge in [0.2, 0.25) is 0 Å². The molecular weight excluding hydrogens is 266 g/mol. The standard InChI is InChI=1S/C14H18ClNO3/c1-3-14(19-2,11-6-4-5-7-12(11)15)16(13(17)18)10-8-9-10/h4-7,10H,3,8-9H2,1-2H3,(H,17,18). The summed E-state index contributed by atoms with van der Waals surface area (Å²) in [6.07, 6.45) is 1.30. The third-order valence-corrected chi connectivity index (χ3v) is 3.95. The lowest BCUT2D eigenvalue weighted by atomic mass is 9.97. The first-order chi connectivity index (χ1) is 9.06. The maximum atomic E-state index is 11.6. The Balaban J connectivity index is 2.53. The van der Waals surface area contributed by atoms with Crippen LogP contribution in [-0.4, -0.2) is 29.3 Å². The average Bonchev–Trinajstić information content (AvgIpc) is 3.20. The van der Waals surface area contributed by atoms with Crippen LogP contribution in [0.1, 0.15) is 31.7 Å². The molecule has 0 spiro atoms. The van der Waals surface area contributed by atoms with Crippen LogP contribution < -0.4 is 0 Å². The smallest absolute Gasteiger partial charge is 0.410 e. The van der Waals surface area contributed by atoms with E-state index in [1.54, 1.807) is 6.07 Å². The largest absolute Gasteiger partial charge is 0.465 e. The molecule has 0 radical (unpaired) electrons. The molecule has 1 aromatic rings. The summed E-state index contributed by atoms with van der Waals surface area (Å²) in [7, 11) is 1.53. The van der Waals surface area contributed by atoms with Crippen molar-refractivity contribution in [3.63, 3.8) is 0 Å². The van der Waals surface area contributed by atoms with E-state index in [-0.39, 0.29) is 6.04 Å². The lowest BCUT2D eigenvalue weighted by molar-refractivity contribution is -0.134. The highest BCUT2D eigenvalue weighted by molar-refractivity contribution is 6.31. The average molecular weight is 284 g/mol. The van der Waals surface area contributed by atoms with E-state index in [4.69, 9.17) is 16.3 Å². The Labute approximate surface area is 117 Å². The number of ether oxygens (including phenoxy) is 1. The second-order valence-corrected chi connectivity index (χ2v) is 5.11. The topological polar surface area (TPSA) is 49.8 Å². The summed E-state index contributed by atoms with van der Waals surface area (Å²) >= 11 is 6.24. The molecule has 1 aliphatic carbocycles. The molecule has 1 fully saturated rings. The second-order valence-electron chi connectivity index (χ2n) is 4.71. The first-order valence-electron chi connectivity index (χ1n) is 6.39. The van der Waals surface area contributed by atoms with Gasteiger partial charge in [-0.25, -0.2) is 4.79 Å². The molecule has 1 unspecified atom stereocenters. The minimum absolute atomic E-state index is 0.0219. The minimum Gasteiger partial charge on any atom is -0.465 e. The van der Waals surface area contributed by atoms with Crippen molar-refractivity contribution in [3.05, 3.63) is 34.9 Å². The molecule has 1 N–H and O–H groups in total. The van der Waals surface area contributed by atoms with Gasteiger partial charge in [-0.15, -0.1) is 0 Å². The molecule has 1 amide bonds. The van der Waals surface area contributed by atoms with Gasteiger partial charge in [0.15, 0.2) is 5.72 Å². The number of hydrogen-bond acceptors (Lipinski definition) is 2. The van der Waals surface area contributed by atoms with Gasteiger partial charge in [0.25, 0.3) is 0 Å². The number of halogens is 1. The zero-order chi connectivity index (χ0) is 14.0. The first-order valence-corrected chi connectivity index (χ1v) is 6.77. The lowest BCUT2D eigenvalue weighted by Gasteiger charge is -2.41. The van der Waals surface area contributed by atoms with Gasteiger partial charge in [-0.1, -0.05) is 36.7 Å². The van der Waals surface area contributed by atoms with Crippen LogP contribution in [0.3, 0.4) is 0 Å². The molecule has 0 aromatic heterocycles. The molecular formula is C14H18ClNO3. The predicted molar refractivity (Wildman–Crippen MR) is 73.3 cm³/mol. The summed E-state index contributed by atoms with van der Waals surface area (Å²) in [5.74, 6) is 0. The van der Waals surface area contributed by atoms with Crippen molar-refractivity contribution in [2.24, 2.45) is 0 Å². The molecule has 104 valence electrons. The summed E-state index contributed by atoms with van der Waals surface area (Å²) in [5.41, 5.74) is -0.304. The van der Waals surface area contributed by atoms with Crippen molar-refractivity contribution >= 4 is 17.7 Å². The molecule has 1 atom stereocenters. The van der Waals surface area contributed by atoms with Crippen molar-refractivity contribution in [1.82, 2.24) is 4.90 Å². The Morgan fingerprint density at radius 1 is 1.53 bits per heavy atom. The Bertz CT molecular complexity index is 470. The van der Waals surface area contributed by atoms with Gasteiger partial charge in [0, 0.05) is 23.7 Å². The first kappa shape index (κ1) is 14.2. The van der Waals surface area contributed by atoms with E-state index in [1.807, 2.05) is 25.1 Å². The summed E-state index contributed by atoms with van der Waals surface area (Å²) in [6, 6.07) is 7.27. The highest BCUT2D eigenvalue weighted by Crippen LogP contribution is 2.43. The van der Waals surface area contributed by atoms with Crippen molar-refractivity contribution in [3.8, 4) is 0 Å². The van der Waals surface area contributed by atoms with E-state index in [1.165, 1.54) is 12.0 Å². The number of nitrogens with zero attached hydrogens (tertiary/aromatic N) is 1. The van der Waals surface area contributed by atoms with Gasteiger partial charge in [-0.2, -0.15) is 0 Å². The summed E-state index contributed by atoms with van der Waals surface area (Å²) in [5, 5.41) is 10.1. The summed E-state index contributed by atoms with van der Waals surface area (Å²) in [6.45, 7) is 1.91. The van der Waals surface area contributed by atoms with Gasteiger partial charge in [0.1, 0.15) is 0 Å². The zero-order valence-electron chi connectivity index (χ0n) is 11.1. The van der Waals surface area contributed by atoms with Crippen LogP contribution in [0.4, 0.5) is 4.79 Å². The van der Waals surface area contributed by atoms with E-state index in [0.717, 1.165) is 12.8 Å². The number of methoxy groups -OCH3 is 1. The molecule has 0 heterocycles. The SMILES string of the molecule is CCC(OC)(c1ccccc1Cl)N(C(=O)O)C1CC1. The quantitative estimate of drug-likeness (QED) is 0.839. The zero-order valence-corrected chi connectivity index (χ0v) is 11.9. The molecule has 19 heavy (non-hydrogen) atoms. The Morgan fingerprint density at radius 3 is 2.58 bits per heavy atom. The molecule has 1 saturated carbocycles. The second kappa shape index (κ2) is 5.39. The maximum absolute atomic E-state index is 11.6. The molecule has 0 saturated heterocycles. The number of carbonyl (C=O) groups is 1. The predicted octanol–water partition coefficient (Wildman–Crippen LogP) is 3.69. The van der Waals surface area contributed by atoms with E-state index in [2.05, 4.69) is 0 Å². The van der Waals surface area contributed by atoms with Crippen LogP contribution in [0, 0.1) is 0 Å². The molecule has 1 aromatic carbocycles. The van der Waals surface area contributed by atoms with E-state index >= 15 is 0 Å². The Kier molecular flexibility index (Phi) is 4.02. The number of carboxylic acid groups (broad SMARTS) is 1. The van der Waals surface area contributed by atoms with Crippen LogP contribution >= 0.6 is 11.6 Å². The summed E-state index contributed by atoms with van der Waals surface area (Å²) in [4.78, 5) is 13.0. The number of amides is 1. The summed E-state index contributed by atoms with van der Waals surface area (Å²) < 4.78 is 5.64. The number of benzene rings is 1. The van der Waals surface area contributed by atoms with Crippen molar-refractivity contribution in [1.29, 1.82) is 0 Å². The Hall–Kier alpha value is -1.26. The van der Waals surface area contributed by atoms with Crippen LogP contribution in [0.5, 0.6) is 0 Å². The van der Waals surface area contributed by atoms with Gasteiger partial charge in [-0.05, 0) is 25.3 Å². The molecule has 5 heteroatoms. The van der Waals surface area contributed by atoms with Crippen LogP contribution in [0.25, 0.3) is 0 Å². The van der Waals surface area contributed by atoms with Crippen molar-refractivity contribution in [2.45, 2.75) is 38.0 Å². The fraction of sp³-hybridized carbons (Fsp3) is 0.500. The highest BCUT2D eigenvalue weighted by Gasteiger charge is 2.48. The Morgan fingerprint density at radius 2 is 2.16 bits per heavy atom. The molecule has 4 nitrogen and oxygen atoms in total. The molecule has 2 rings (SSSR count). The number of rotatable bonds is 5. The maximum Gasteiger partial charge on any atom is 0.410 e. The normalized spacial score (nSPS) is 17.8. The fourth-order valence-electron chi connectivity index (χ4n) is 2.56. The highest BCUT2D eigenvalue weighted by atomic mass is 35.5. The fourth-order valence-corrected chi connectivity index (χ4v) is 2.84. The lowest BCUT2D eigenvalue weighted by Crippen LogP contribution is -2.51. The van der Waals surface area contributed by atoms with Crippen molar-refractivity contribution < 1.29 is 14.6 Å². The van der Waals surface area contributed by atoms with Crippen LogP contribution in [0.2, 0.25) is 5.02 Å². The molecule has 0 aliphatic heterocycles. The van der Waals surface area contributed by atoms with Gasteiger partial charge in [0.05, 0.1) is 0 Å². The third-order valence-electron chi connectivity index (χ3n) is 3.62. The monoisotopic (exact) mass is 283 g/mol. The molecule has 1 aliphatic rings. The van der Waals surface area contributed by atoms with E-state index in [9.17, 15) is 9.90 Å². The van der Waals surface area contributed by atoms with Gasteiger partial charge in [-0.3, -0.25) is 4.90 Å². The van der Waals surface area contributed by atoms with Crippen molar-refractivity contribution in [2.75, 3.05) is 7.11 Å². The van der Waals surface area contributed by atoms with Gasteiger partial charge >= 0.3 is 6.09 Å². The van der Waals surface area contributed by atoms with Gasteiger partial charge < -0.3 is 9.84 Å². The van der Waals surface area contributed by atoms with E-state index in [0.29, 0.717) is 17.0 Å². The molecule has 0 bridgehead atoms. The number of hydrogen-bond donors (Lipinski definition) is 1. The minimum atomic E-state index is -1.01.